The number of ketones is 4. The van der Waals surface area contributed by atoms with Gasteiger partial charge in [-0.1, -0.05) is 24.3 Å². The predicted octanol–water partition coefficient (Wildman–Crippen LogP) is 0.0298. The van der Waals surface area contributed by atoms with Crippen LogP contribution < -0.4 is 14.5 Å². The smallest absolute Gasteiger partial charge is 0.364 e. The van der Waals surface area contributed by atoms with Gasteiger partial charge in [-0.25, -0.2) is 4.99 Å². The molecule has 1 unspecified atom stereocenters. The lowest BCUT2D eigenvalue weighted by Gasteiger charge is -2.31. The Labute approximate surface area is 263 Å². The lowest BCUT2D eigenvalue weighted by molar-refractivity contribution is -0.355. The zero-order chi connectivity index (χ0) is 34.0. The molecule has 0 saturated carbocycles. The second kappa shape index (κ2) is 9.67. The SMILES string of the molecule is O=C1C2=C(C(=O)c3ccccc31)C1Nc3ccc4c(c3[NH+]=C1C=C2)C(=O)c1cc(S(=O)(=O)O)c(S(=O)(=O)O)c(OS(=O)(=O)O)c1C4=O. The summed E-state index contributed by atoms with van der Waals surface area (Å²) in [6.45, 7) is 0. The summed E-state index contributed by atoms with van der Waals surface area (Å²) in [6.07, 6.45) is 2.87. The van der Waals surface area contributed by atoms with Crippen LogP contribution in [0, 0.1) is 0 Å². The molecule has 5 N–H and O–H groups in total. The molecule has 7 rings (SSSR count). The summed E-state index contributed by atoms with van der Waals surface area (Å²) in [4.78, 5) is 53.9. The van der Waals surface area contributed by atoms with Gasteiger partial charge in [0.25, 0.3) is 20.2 Å². The number of Topliss-reactive ketones (excluding diaryl/α,β-unsaturated/α-hetero) is 2. The van der Waals surface area contributed by atoms with Gasteiger partial charge in [0.15, 0.2) is 28.0 Å². The van der Waals surface area contributed by atoms with E-state index in [1.807, 2.05) is 0 Å². The molecule has 1 heterocycles. The molecule has 1 aliphatic heterocycles. The number of fused-ring (bicyclic) bond motifs is 7. The van der Waals surface area contributed by atoms with Crippen molar-refractivity contribution in [2.45, 2.75) is 15.8 Å². The third-order valence-electron chi connectivity index (χ3n) is 7.87. The monoisotopic (exact) mass is 699 g/mol. The fourth-order valence-electron chi connectivity index (χ4n) is 6.04. The Morgan fingerprint density at radius 1 is 0.702 bits per heavy atom. The summed E-state index contributed by atoms with van der Waals surface area (Å²) in [6, 6.07) is 7.94. The average Bonchev–Trinajstić information content (AvgIpc) is 2.98. The number of nitrogens with one attached hydrogen (secondary N) is 2. The maximum Gasteiger partial charge on any atom is 0.446 e. The first kappa shape index (κ1) is 30.5. The quantitative estimate of drug-likeness (QED) is 0.176. The molecular weight excluding hydrogens is 685 g/mol. The number of carbonyl (C=O) groups is 4. The van der Waals surface area contributed by atoms with E-state index in [2.05, 4.69) is 14.5 Å². The van der Waals surface area contributed by atoms with Crippen LogP contribution in [0.2, 0.25) is 0 Å². The van der Waals surface area contributed by atoms with Crippen molar-refractivity contribution in [3.05, 3.63) is 99.1 Å². The highest BCUT2D eigenvalue weighted by molar-refractivity contribution is 7.89. The summed E-state index contributed by atoms with van der Waals surface area (Å²) in [5.74, 6) is -5.08. The number of anilines is 1. The van der Waals surface area contributed by atoms with E-state index in [0.29, 0.717) is 0 Å². The highest BCUT2D eigenvalue weighted by Gasteiger charge is 2.47. The maximum atomic E-state index is 14.0. The van der Waals surface area contributed by atoms with Gasteiger partial charge >= 0.3 is 10.4 Å². The van der Waals surface area contributed by atoms with E-state index >= 15 is 0 Å². The Balaban J connectivity index is 1.43. The van der Waals surface area contributed by atoms with Crippen LogP contribution in [0.3, 0.4) is 0 Å². The molecule has 0 bridgehead atoms. The van der Waals surface area contributed by atoms with Crippen LogP contribution in [0.25, 0.3) is 0 Å². The minimum atomic E-state index is -5.83. The third-order valence-corrected chi connectivity index (χ3v) is 10.2. The van der Waals surface area contributed by atoms with Crippen LogP contribution in [0.4, 0.5) is 11.4 Å². The standard InChI is InChI=1S/C28H14N2O14S3/c31-23-10-3-1-2-4-11(10)24(32)18-12(23)5-7-15-21(18)29-16-8-6-13-19(22(16)30-15)26(34)14-9-17(45(35,36)37)28(46(38,39)40)27(20(14)25(13)33)44-47(41,42)43/h1-9,21,29H,(H,35,36,37)(H,38,39,40)(H,41,42,43)/p+1. The lowest BCUT2D eigenvalue weighted by Crippen LogP contribution is -2.74. The Kier molecular flexibility index (Phi) is 6.27. The van der Waals surface area contributed by atoms with Gasteiger partial charge in [-0.2, -0.15) is 25.3 Å². The largest absolute Gasteiger partial charge is 0.446 e. The van der Waals surface area contributed by atoms with Crippen LogP contribution in [0.1, 0.15) is 52.6 Å². The minimum Gasteiger partial charge on any atom is -0.364 e. The van der Waals surface area contributed by atoms with Crippen LogP contribution >= 0.6 is 0 Å². The Morgan fingerprint density at radius 3 is 1.96 bits per heavy atom. The van der Waals surface area contributed by atoms with Crippen molar-refractivity contribution < 1.29 is 67.3 Å². The Bertz CT molecular complexity index is 2560. The second-order valence-corrected chi connectivity index (χ2v) is 14.3. The summed E-state index contributed by atoms with van der Waals surface area (Å²) in [5, 5.41) is 3.07. The molecule has 3 aromatic rings. The van der Waals surface area contributed by atoms with E-state index in [9.17, 15) is 58.1 Å². The molecule has 0 radical (unpaired) electrons. The highest BCUT2D eigenvalue weighted by Crippen LogP contribution is 2.44. The summed E-state index contributed by atoms with van der Waals surface area (Å²) < 4.78 is 105. The van der Waals surface area contributed by atoms with E-state index < -0.39 is 91.8 Å². The Hall–Kier alpha value is -5.18. The summed E-state index contributed by atoms with van der Waals surface area (Å²) in [7, 11) is -17.3. The van der Waals surface area contributed by atoms with E-state index in [1.165, 1.54) is 30.4 Å². The summed E-state index contributed by atoms with van der Waals surface area (Å²) >= 11 is 0. The van der Waals surface area contributed by atoms with Crippen molar-refractivity contribution in [2.24, 2.45) is 0 Å². The average molecular weight is 700 g/mol. The van der Waals surface area contributed by atoms with Gasteiger partial charge in [0.2, 0.25) is 17.2 Å². The summed E-state index contributed by atoms with van der Waals surface area (Å²) in [5.41, 5.74) is -2.08. The van der Waals surface area contributed by atoms with E-state index in [0.717, 1.165) is 6.07 Å². The van der Waals surface area contributed by atoms with Crippen LogP contribution in [0.15, 0.2) is 75.6 Å². The molecule has 3 aromatic carbocycles. The molecule has 3 aliphatic carbocycles. The molecule has 0 fully saturated rings. The molecule has 1 atom stereocenters. The zero-order valence-electron chi connectivity index (χ0n) is 22.8. The van der Waals surface area contributed by atoms with Gasteiger partial charge in [0, 0.05) is 39.5 Å². The van der Waals surface area contributed by atoms with Crippen LogP contribution in [0.5, 0.6) is 5.75 Å². The highest BCUT2D eigenvalue weighted by atomic mass is 32.3. The molecule has 238 valence electrons. The maximum absolute atomic E-state index is 14.0. The number of allylic oxidation sites excluding steroid dienone is 2. The van der Waals surface area contributed by atoms with E-state index in [-0.39, 0.29) is 51.2 Å². The van der Waals surface area contributed by atoms with Gasteiger partial charge < -0.3 is 9.50 Å². The van der Waals surface area contributed by atoms with Crippen molar-refractivity contribution in [3.63, 3.8) is 0 Å². The van der Waals surface area contributed by atoms with Crippen molar-refractivity contribution in [1.82, 2.24) is 0 Å². The molecule has 4 aliphatic rings. The van der Waals surface area contributed by atoms with Gasteiger partial charge in [-0.3, -0.25) is 32.8 Å². The van der Waals surface area contributed by atoms with Crippen molar-refractivity contribution in [3.8, 4) is 5.75 Å². The van der Waals surface area contributed by atoms with E-state index in [1.54, 1.807) is 12.1 Å². The fraction of sp³-hybridized carbons (Fsp3) is 0.0357. The molecule has 16 nitrogen and oxygen atoms in total. The lowest BCUT2D eigenvalue weighted by atomic mass is 9.76. The second-order valence-electron chi connectivity index (χ2n) is 10.5. The van der Waals surface area contributed by atoms with Gasteiger partial charge in [-0.05, 0) is 24.3 Å². The Morgan fingerprint density at radius 2 is 1.34 bits per heavy atom. The number of carbonyl (C=O) groups excluding carboxylic acids is 4. The van der Waals surface area contributed by atoms with Gasteiger partial charge in [0.05, 0.1) is 5.56 Å². The van der Waals surface area contributed by atoms with Crippen molar-refractivity contribution in [2.75, 3.05) is 5.32 Å². The number of hydrogen-bond acceptors (Lipinski definition) is 12. The molecule has 19 heteroatoms. The number of rotatable bonds is 4. The molecule has 0 spiro atoms. The molecular formula is C28H15N2O14S3+. The van der Waals surface area contributed by atoms with E-state index in [4.69, 9.17) is 0 Å². The van der Waals surface area contributed by atoms with Crippen LogP contribution in [-0.4, -0.2) is 73.8 Å². The molecule has 0 amide bonds. The predicted molar refractivity (Wildman–Crippen MR) is 156 cm³/mol. The number of hydrogen-bond donors (Lipinski definition) is 5. The first-order chi connectivity index (χ1) is 21.9. The fourth-order valence-corrected chi connectivity index (χ4v) is 8.39. The molecule has 0 aromatic heterocycles. The zero-order valence-corrected chi connectivity index (χ0v) is 25.3. The van der Waals surface area contributed by atoms with Crippen molar-refractivity contribution in [1.29, 1.82) is 0 Å². The molecule has 47 heavy (non-hydrogen) atoms. The van der Waals surface area contributed by atoms with Crippen molar-refractivity contribution >= 4 is 70.9 Å². The topological polar surface area (TPSA) is 267 Å². The molecule has 0 saturated heterocycles. The van der Waals surface area contributed by atoms with Gasteiger partial charge in [-0.15, -0.1) is 0 Å². The minimum absolute atomic E-state index is 0.0778. The number of benzene rings is 3. The third kappa shape index (κ3) is 4.51. The first-order valence-corrected chi connectivity index (χ1v) is 17.2. The normalized spacial score (nSPS) is 18.3. The first-order valence-electron chi connectivity index (χ1n) is 13.0. The van der Waals surface area contributed by atoms with Gasteiger partial charge in [0.1, 0.15) is 22.2 Å². The van der Waals surface area contributed by atoms with Crippen LogP contribution in [-0.2, 0) is 30.6 Å².